The Bertz CT molecular complexity index is 1070. The molecule has 2 aliphatic heterocycles. The van der Waals surface area contributed by atoms with Crippen molar-refractivity contribution >= 4 is 17.8 Å². The molecule has 0 bridgehead atoms. The quantitative estimate of drug-likeness (QED) is 0.610. The van der Waals surface area contributed by atoms with Gasteiger partial charge in [-0.3, -0.25) is 4.79 Å². The van der Waals surface area contributed by atoms with Gasteiger partial charge >= 0.3 is 6.09 Å². The molecule has 1 aromatic carbocycles. The second kappa shape index (κ2) is 11.0. The van der Waals surface area contributed by atoms with Crippen molar-refractivity contribution in [3.05, 3.63) is 47.7 Å². The van der Waals surface area contributed by atoms with Gasteiger partial charge in [0.05, 0.1) is 25.8 Å². The average Bonchev–Trinajstić information content (AvgIpc) is 3.24. The Kier molecular flexibility index (Phi) is 7.57. The Balaban J connectivity index is 1.38. The van der Waals surface area contributed by atoms with E-state index in [-0.39, 0.29) is 6.54 Å². The molecule has 4 rings (SSSR count). The van der Waals surface area contributed by atoms with Crippen molar-refractivity contribution in [2.75, 3.05) is 38.2 Å². The molecule has 2 amide bonds. The number of nitrogens with zero attached hydrogens (tertiary/aromatic N) is 3. The molecule has 2 aromatic rings. The van der Waals surface area contributed by atoms with Crippen LogP contribution in [0.2, 0.25) is 0 Å². The number of ether oxygens (including phenoxy) is 2. The van der Waals surface area contributed by atoms with Crippen LogP contribution in [0.1, 0.15) is 17.5 Å². The first-order valence-electron chi connectivity index (χ1n) is 11.2. The van der Waals surface area contributed by atoms with Gasteiger partial charge < -0.3 is 30.1 Å². The van der Waals surface area contributed by atoms with Gasteiger partial charge in [0.15, 0.2) is 6.10 Å². The normalized spacial score (nSPS) is 18.9. The third-order valence-corrected chi connectivity index (χ3v) is 5.80. The fourth-order valence-corrected chi connectivity index (χ4v) is 3.98. The monoisotopic (exact) mass is 465 g/mol. The molecule has 0 unspecified atom stereocenters. The smallest absolute Gasteiger partial charge is 0.407 e. The van der Waals surface area contributed by atoms with Crippen LogP contribution in [0.15, 0.2) is 36.5 Å². The number of aromatic nitrogens is 1. The summed E-state index contributed by atoms with van der Waals surface area (Å²) in [4.78, 5) is 29.6. The third-order valence-electron chi connectivity index (χ3n) is 5.80. The summed E-state index contributed by atoms with van der Waals surface area (Å²) >= 11 is 0. The lowest BCUT2D eigenvalue weighted by Crippen LogP contribution is -2.47. The number of fused-ring (bicyclic) bond motifs is 1. The fourth-order valence-electron chi connectivity index (χ4n) is 3.98. The second-order valence-electron chi connectivity index (χ2n) is 8.24. The van der Waals surface area contributed by atoms with E-state index in [1.807, 2.05) is 30.5 Å². The van der Waals surface area contributed by atoms with Crippen molar-refractivity contribution in [1.29, 1.82) is 5.26 Å². The van der Waals surface area contributed by atoms with Gasteiger partial charge in [0.25, 0.3) is 5.91 Å². The van der Waals surface area contributed by atoms with E-state index in [2.05, 4.69) is 27.8 Å². The number of carbonyl (C=O) groups excluding carboxylic acids is 1. The highest BCUT2D eigenvalue weighted by atomic mass is 16.5. The summed E-state index contributed by atoms with van der Waals surface area (Å²) in [6.07, 6.45) is 0.632. The number of amides is 2. The molecule has 0 spiro atoms. The molecule has 34 heavy (non-hydrogen) atoms. The number of nitrogens with one attached hydrogen (secondary N) is 2. The number of carboxylic acid groups (broad SMARTS) is 1. The molecule has 3 heterocycles. The lowest BCUT2D eigenvalue weighted by molar-refractivity contribution is -0.133. The van der Waals surface area contributed by atoms with Crippen molar-refractivity contribution in [2.24, 2.45) is 0 Å². The van der Waals surface area contributed by atoms with Gasteiger partial charge in [0, 0.05) is 43.4 Å². The van der Waals surface area contributed by atoms with E-state index in [1.165, 1.54) is 0 Å². The first-order valence-corrected chi connectivity index (χ1v) is 11.2. The molecule has 0 aliphatic carbocycles. The van der Waals surface area contributed by atoms with Gasteiger partial charge in [-0.15, -0.1) is 0 Å². The van der Waals surface area contributed by atoms with E-state index in [0.717, 1.165) is 39.5 Å². The van der Waals surface area contributed by atoms with Crippen molar-refractivity contribution in [3.63, 3.8) is 0 Å². The number of hydrogen-bond donors (Lipinski definition) is 3. The van der Waals surface area contributed by atoms with Crippen LogP contribution >= 0.6 is 0 Å². The highest BCUT2D eigenvalue weighted by Gasteiger charge is 2.29. The minimum atomic E-state index is -1.09. The first-order chi connectivity index (χ1) is 16.5. The maximum atomic E-state index is 12.6. The van der Waals surface area contributed by atoms with Gasteiger partial charge in [-0.25, -0.2) is 9.78 Å². The molecular weight excluding hydrogens is 438 g/mol. The molecule has 10 nitrogen and oxygen atoms in total. The Hall–Kier alpha value is -3.68. The number of rotatable bonds is 5. The van der Waals surface area contributed by atoms with Crippen LogP contribution in [0.5, 0.6) is 0 Å². The first kappa shape index (κ1) is 23.5. The standard InChI is InChI=1S/C24H27N5O5/c25-12-20(28-23(30)21-14-29(24(31)32)7-1-8-34-21)10-16-2-4-17(5-3-16)18-11-19-15-33-9-6-26-22(19)27-13-18/h2-5,11,13,20-21H,1,6-10,14-15H2,(H,26,27)(H,28,30)(H,31,32)/t20-,21-/m0/s1. The second-order valence-corrected chi connectivity index (χ2v) is 8.24. The van der Waals surface area contributed by atoms with Gasteiger partial charge in [-0.05, 0) is 23.6 Å². The lowest BCUT2D eigenvalue weighted by atomic mass is 10.0. The number of anilines is 1. The summed E-state index contributed by atoms with van der Waals surface area (Å²) in [5.74, 6) is 0.359. The highest BCUT2D eigenvalue weighted by Crippen LogP contribution is 2.25. The summed E-state index contributed by atoms with van der Waals surface area (Å²) in [6.45, 7) is 2.44. The predicted octanol–water partition coefficient (Wildman–Crippen LogP) is 2.01. The molecule has 1 saturated heterocycles. The number of carbonyl (C=O) groups is 2. The zero-order chi connectivity index (χ0) is 23.9. The summed E-state index contributed by atoms with van der Waals surface area (Å²) < 4.78 is 11.1. The Morgan fingerprint density at radius 1 is 1.29 bits per heavy atom. The zero-order valence-electron chi connectivity index (χ0n) is 18.7. The average molecular weight is 466 g/mol. The molecule has 178 valence electrons. The fraction of sp³-hybridized carbons (Fsp3) is 0.417. The van der Waals surface area contributed by atoms with Crippen LogP contribution in [0, 0.1) is 11.3 Å². The summed E-state index contributed by atoms with van der Waals surface area (Å²) in [6, 6.07) is 11.2. The van der Waals surface area contributed by atoms with E-state index in [9.17, 15) is 20.0 Å². The number of pyridine rings is 1. The molecule has 2 aliphatic rings. The Morgan fingerprint density at radius 3 is 2.88 bits per heavy atom. The number of benzene rings is 1. The summed E-state index contributed by atoms with van der Waals surface area (Å²) in [7, 11) is 0. The minimum absolute atomic E-state index is 0.0522. The van der Waals surface area contributed by atoms with E-state index in [4.69, 9.17) is 9.47 Å². The maximum absolute atomic E-state index is 12.6. The molecule has 2 atom stereocenters. The van der Waals surface area contributed by atoms with Crippen LogP contribution in [0.3, 0.4) is 0 Å². The molecule has 1 aromatic heterocycles. The molecule has 10 heteroatoms. The molecule has 1 fully saturated rings. The van der Waals surface area contributed by atoms with Crippen molar-refractivity contribution in [2.45, 2.75) is 31.6 Å². The van der Waals surface area contributed by atoms with Crippen LogP contribution in [0.4, 0.5) is 10.6 Å². The van der Waals surface area contributed by atoms with E-state index in [1.54, 1.807) is 0 Å². The SMILES string of the molecule is N#C[C@H](Cc1ccc(-c2cnc3c(c2)COCCN3)cc1)NC(=O)[C@@H]1CN(C(=O)O)CCCO1. The highest BCUT2D eigenvalue weighted by molar-refractivity contribution is 5.82. The lowest BCUT2D eigenvalue weighted by Gasteiger charge is -2.22. The van der Waals surface area contributed by atoms with Crippen molar-refractivity contribution in [1.82, 2.24) is 15.2 Å². The van der Waals surface area contributed by atoms with Crippen LogP contribution in [-0.2, 0) is 27.3 Å². The summed E-state index contributed by atoms with van der Waals surface area (Å²) in [5, 5.41) is 24.7. The summed E-state index contributed by atoms with van der Waals surface area (Å²) in [5.41, 5.74) is 3.85. The molecule has 0 radical (unpaired) electrons. The Morgan fingerprint density at radius 2 is 2.12 bits per heavy atom. The van der Waals surface area contributed by atoms with Crippen LogP contribution in [0.25, 0.3) is 11.1 Å². The minimum Gasteiger partial charge on any atom is -0.465 e. The van der Waals surface area contributed by atoms with E-state index in [0.29, 0.717) is 39.2 Å². The zero-order valence-corrected chi connectivity index (χ0v) is 18.7. The van der Waals surface area contributed by atoms with E-state index < -0.39 is 24.1 Å². The molecule has 3 N–H and O–H groups in total. The molecular formula is C24H27N5O5. The topological polar surface area (TPSA) is 137 Å². The van der Waals surface area contributed by atoms with Gasteiger partial charge in [-0.1, -0.05) is 24.3 Å². The third kappa shape index (κ3) is 5.81. The van der Waals surface area contributed by atoms with Gasteiger partial charge in [0.2, 0.25) is 0 Å². The number of nitriles is 1. The van der Waals surface area contributed by atoms with Gasteiger partial charge in [-0.2, -0.15) is 5.26 Å². The Labute approximate surface area is 197 Å². The predicted molar refractivity (Wildman–Crippen MR) is 123 cm³/mol. The van der Waals surface area contributed by atoms with Crippen molar-refractivity contribution in [3.8, 4) is 17.2 Å². The van der Waals surface area contributed by atoms with Crippen LogP contribution in [-0.4, -0.2) is 72.0 Å². The molecule has 0 saturated carbocycles. The maximum Gasteiger partial charge on any atom is 0.407 e. The number of hydrogen-bond acceptors (Lipinski definition) is 7. The van der Waals surface area contributed by atoms with Crippen molar-refractivity contribution < 1.29 is 24.2 Å². The van der Waals surface area contributed by atoms with Crippen LogP contribution < -0.4 is 10.6 Å². The van der Waals surface area contributed by atoms with E-state index >= 15 is 0 Å². The van der Waals surface area contributed by atoms with Gasteiger partial charge in [0.1, 0.15) is 11.9 Å². The largest absolute Gasteiger partial charge is 0.465 e.